The molecule has 0 aromatic heterocycles. The molecule has 0 saturated carbocycles. The van der Waals surface area contributed by atoms with Gasteiger partial charge in [-0.1, -0.05) is 0 Å². The molecule has 12 nitrogen and oxygen atoms in total. The zero-order chi connectivity index (χ0) is 33.9. The van der Waals surface area contributed by atoms with Gasteiger partial charge < -0.3 is 0 Å². The van der Waals surface area contributed by atoms with E-state index in [9.17, 15) is 85.0 Å². The van der Waals surface area contributed by atoms with Crippen molar-refractivity contribution in [2.75, 3.05) is 0 Å². The summed E-state index contributed by atoms with van der Waals surface area (Å²) in [5.41, 5.74) is -27.0. The van der Waals surface area contributed by atoms with Crippen LogP contribution in [0.5, 0.6) is 0 Å². The molecule has 43 heavy (non-hydrogen) atoms. The van der Waals surface area contributed by atoms with Crippen molar-refractivity contribution in [1.29, 1.82) is 0 Å². The van der Waals surface area contributed by atoms with Crippen molar-refractivity contribution >= 4 is 60.7 Å². The van der Waals surface area contributed by atoms with Crippen molar-refractivity contribution in [2.45, 2.75) is 31.8 Å². The zero-order valence-electron chi connectivity index (χ0n) is 20.4. The Bertz CT molecular complexity index is 1650. The molecular weight excluding hydrogens is 798 g/mol. The molecule has 0 atom stereocenters. The second-order valence-corrected chi connectivity index (χ2v) is 22.8. The number of halogens is 10. The average Bonchev–Trinajstić information content (AvgIpc) is 2.80. The maximum atomic E-state index is 14.1. The molecule has 242 valence electrons. The zero-order valence-corrected chi connectivity index (χ0v) is 25.1. The predicted molar refractivity (Wildman–Crippen MR) is 135 cm³/mol. The van der Waals surface area contributed by atoms with Crippen molar-refractivity contribution in [2.24, 2.45) is 0 Å². The number of benzene rings is 2. The van der Waals surface area contributed by atoms with Crippen LogP contribution in [-0.2, 0) is 29.5 Å². The van der Waals surface area contributed by atoms with E-state index in [1.807, 2.05) is 0 Å². The van der Waals surface area contributed by atoms with Gasteiger partial charge in [0.05, 0.1) is 0 Å². The molecule has 0 aliphatic rings. The van der Waals surface area contributed by atoms with Gasteiger partial charge in [0.25, 0.3) is 0 Å². The summed E-state index contributed by atoms with van der Waals surface area (Å²) >= 11 is -6.92. The molecule has 0 bridgehead atoms. The van der Waals surface area contributed by atoms with E-state index in [0.29, 0.717) is 38.1 Å². The minimum absolute atomic E-state index is 0.0864. The van der Waals surface area contributed by atoms with Crippen molar-refractivity contribution in [1.82, 2.24) is 0 Å². The van der Waals surface area contributed by atoms with Crippen LogP contribution < -0.4 is 0 Å². The van der Waals surface area contributed by atoms with Gasteiger partial charge in [0.15, 0.2) is 0 Å². The Morgan fingerprint density at radius 2 is 0.837 bits per heavy atom. The number of nitrogens with zero attached hydrogens (tertiary/aromatic N) is 2. The van der Waals surface area contributed by atoms with E-state index in [1.165, 1.54) is 0 Å². The third-order valence-corrected chi connectivity index (χ3v) is 27.2. The number of non-ortho nitro benzene ring substituents is 2. The fourth-order valence-electron chi connectivity index (χ4n) is 3.31. The van der Waals surface area contributed by atoms with E-state index in [0.717, 1.165) is 0 Å². The Kier molecular flexibility index (Phi) is 9.28. The third kappa shape index (κ3) is 5.51. The maximum absolute atomic E-state index is 14.1. The standard InChI is InChI=1S/C18H12F9IN2O10S3/c1-9-3-5-11(29(31)32)7-13(9)28(14-8-12(30(33)34)6-4-10(14)2)18(41(35,36)15(19,20)21,42(37,38)16(22,23)24)43(39,40)17(25,26)27/h3-8H,1-2H3. The Balaban J connectivity index is 3.74. The van der Waals surface area contributed by atoms with Gasteiger partial charge in [-0.15, -0.1) is 0 Å². The molecule has 0 N–H and O–H groups in total. The molecule has 0 radical (unpaired) electrons. The molecule has 0 unspecified atom stereocenters. The SMILES string of the molecule is Cc1ccc([N+](=O)[O-])cc1I(c1cc([N+](=O)[O-])ccc1C)C(S(=O)(=O)C(F)(F)F)(S(=O)(=O)C(F)(F)F)S(=O)(=O)C(F)(F)F. The fourth-order valence-corrected chi connectivity index (χ4v) is 26.1. The summed E-state index contributed by atoms with van der Waals surface area (Å²) < 4.78 is 195. The Morgan fingerprint density at radius 1 is 0.581 bits per heavy atom. The van der Waals surface area contributed by atoms with E-state index in [-0.39, 0.29) is 12.1 Å². The number of nitro groups is 2. The van der Waals surface area contributed by atoms with Crippen molar-refractivity contribution in [3.05, 3.63) is 74.9 Å². The summed E-state index contributed by atoms with van der Waals surface area (Å²) in [4.78, 5) is 19.9. The number of nitro benzene ring substituents is 2. The Labute approximate surface area is 241 Å². The van der Waals surface area contributed by atoms with Crippen LogP contribution in [0, 0.1) is 41.2 Å². The number of rotatable bonds is 8. The van der Waals surface area contributed by atoms with E-state index in [4.69, 9.17) is 0 Å². The van der Waals surface area contributed by atoms with Crippen LogP contribution in [0.1, 0.15) is 11.1 Å². The van der Waals surface area contributed by atoms with Gasteiger partial charge >= 0.3 is 242 Å². The second kappa shape index (κ2) is 11.0. The Morgan fingerprint density at radius 3 is 1.05 bits per heavy atom. The monoisotopic (exact) mass is 810 g/mol. The summed E-state index contributed by atoms with van der Waals surface area (Å²) in [5.74, 6) is 0. The Hall–Kier alpha value is -2.81. The summed E-state index contributed by atoms with van der Waals surface area (Å²) in [6, 6.07) is 1.69. The van der Waals surface area contributed by atoms with Crippen molar-refractivity contribution in [3.63, 3.8) is 0 Å². The second-order valence-electron chi connectivity index (χ2n) is 7.99. The molecule has 2 aromatic rings. The topological polar surface area (TPSA) is 189 Å². The van der Waals surface area contributed by atoms with Crippen LogP contribution in [0.15, 0.2) is 36.4 Å². The number of hydrogen-bond donors (Lipinski definition) is 0. The normalized spacial score (nSPS) is 14.3. The van der Waals surface area contributed by atoms with Crippen LogP contribution in [-0.4, -0.2) is 53.0 Å². The number of sulfone groups is 3. The van der Waals surface area contributed by atoms with Crippen LogP contribution in [0.3, 0.4) is 0 Å². The summed E-state index contributed by atoms with van der Waals surface area (Å²) in [5, 5.41) is 22.8. The van der Waals surface area contributed by atoms with Gasteiger partial charge in [-0.3, -0.25) is 0 Å². The first-order chi connectivity index (χ1) is 19.0. The first kappa shape index (κ1) is 36.4. The third-order valence-electron chi connectivity index (χ3n) is 5.25. The molecule has 0 aliphatic carbocycles. The van der Waals surface area contributed by atoms with E-state index in [1.54, 1.807) is 0 Å². The molecule has 2 rings (SSSR count). The van der Waals surface area contributed by atoms with E-state index < -0.39 is 107 Å². The number of aryl methyl sites for hydroxylation is 2. The van der Waals surface area contributed by atoms with Crippen molar-refractivity contribution < 1.29 is 74.6 Å². The minimum atomic E-state index is -8.76. The first-order valence-electron chi connectivity index (χ1n) is 10.1. The molecule has 0 aliphatic heterocycles. The molecule has 2 aromatic carbocycles. The molecule has 25 heteroatoms. The molecule has 0 amide bonds. The van der Waals surface area contributed by atoms with Crippen LogP contribution in [0.25, 0.3) is 0 Å². The molecule has 0 fully saturated rings. The van der Waals surface area contributed by atoms with Crippen LogP contribution in [0.2, 0.25) is 0 Å². The summed E-state index contributed by atoms with van der Waals surface area (Å²) in [6.45, 7) is 1.25. The molecular formula is C18H12F9IN2O10S3. The van der Waals surface area contributed by atoms with Gasteiger partial charge in [0.2, 0.25) is 0 Å². The van der Waals surface area contributed by atoms with Crippen LogP contribution in [0.4, 0.5) is 50.9 Å². The number of hydrogen-bond acceptors (Lipinski definition) is 10. The summed E-state index contributed by atoms with van der Waals surface area (Å²) in [7, 11) is -26.3. The number of alkyl halides is 10. The fraction of sp³-hybridized carbons (Fsp3) is 0.333. The van der Waals surface area contributed by atoms with Gasteiger partial charge in [-0.2, -0.15) is 0 Å². The van der Waals surface area contributed by atoms with E-state index in [2.05, 4.69) is 0 Å². The van der Waals surface area contributed by atoms with Gasteiger partial charge in [-0.05, 0) is 0 Å². The van der Waals surface area contributed by atoms with Gasteiger partial charge in [0, 0.05) is 0 Å². The van der Waals surface area contributed by atoms with Crippen molar-refractivity contribution in [3.8, 4) is 0 Å². The van der Waals surface area contributed by atoms with Gasteiger partial charge in [0.1, 0.15) is 0 Å². The molecule has 0 spiro atoms. The molecule has 0 heterocycles. The van der Waals surface area contributed by atoms with Gasteiger partial charge in [-0.25, -0.2) is 0 Å². The molecule has 0 saturated heterocycles. The quantitative estimate of drug-likeness (QED) is 0.114. The van der Waals surface area contributed by atoms with Crippen LogP contribution >= 0.6 is 19.8 Å². The van der Waals surface area contributed by atoms with E-state index >= 15 is 0 Å². The summed E-state index contributed by atoms with van der Waals surface area (Å²) in [6.07, 6.45) is 0. The first-order valence-corrected chi connectivity index (χ1v) is 17.8. The average molecular weight is 810 g/mol. The predicted octanol–water partition coefficient (Wildman–Crippen LogP) is 5.08.